The zero-order valence-electron chi connectivity index (χ0n) is 29.8. The first-order valence-corrected chi connectivity index (χ1v) is 18.5. The summed E-state index contributed by atoms with van der Waals surface area (Å²) >= 11 is 7.78. The number of aryl methyl sites for hydroxylation is 2. The van der Waals surface area contributed by atoms with Gasteiger partial charge < -0.3 is 19.5 Å². The molecule has 3 aromatic heterocycles. The van der Waals surface area contributed by atoms with Gasteiger partial charge in [0, 0.05) is 48.2 Å². The number of carbonyl (C=O) groups excluding carboxylic acids is 1. The molecular formula is C38H43ClN6O5S. The van der Waals surface area contributed by atoms with Gasteiger partial charge in [0.05, 0.1) is 39.8 Å². The van der Waals surface area contributed by atoms with Crippen molar-refractivity contribution in [2.45, 2.75) is 70.6 Å². The van der Waals surface area contributed by atoms with Gasteiger partial charge in [-0.2, -0.15) is 5.10 Å². The molecule has 1 amide bonds. The summed E-state index contributed by atoms with van der Waals surface area (Å²) in [5, 5.41) is 16.7. The number of hydrogen-bond acceptors (Lipinski definition) is 9. The van der Waals surface area contributed by atoms with Gasteiger partial charge in [-0.15, -0.1) is 11.3 Å². The van der Waals surface area contributed by atoms with Gasteiger partial charge in [0.25, 0.3) is 0 Å². The Hall–Kier alpha value is -4.10. The number of likely N-dealkylation sites (tertiary alicyclic amines) is 2. The zero-order valence-corrected chi connectivity index (χ0v) is 31.3. The van der Waals surface area contributed by atoms with Gasteiger partial charge in [0.2, 0.25) is 0 Å². The van der Waals surface area contributed by atoms with Gasteiger partial charge >= 0.3 is 12.1 Å². The summed E-state index contributed by atoms with van der Waals surface area (Å²) in [5.41, 5.74) is 6.64. The third-order valence-corrected chi connectivity index (χ3v) is 11.4. The van der Waals surface area contributed by atoms with Crippen molar-refractivity contribution in [3.63, 3.8) is 0 Å². The molecular weight excluding hydrogens is 688 g/mol. The van der Waals surface area contributed by atoms with Crippen LogP contribution in [-0.2, 0) is 21.3 Å². The van der Waals surface area contributed by atoms with Crippen LogP contribution >= 0.6 is 22.9 Å². The SMILES string of the molecule is COC(=O)N1CC[C@@H](N2CCC(c3nn(C)c4ccc(-c5nc6cc(C)c(C(OC(C)(C)C)C(=O)O)c(-c7ccc(Cl)cc7)c6s5)nc34)CC2)C1. The summed E-state index contributed by atoms with van der Waals surface area (Å²) in [4.78, 5) is 39.4. The van der Waals surface area contributed by atoms with Crippen LogP contribution in [0.2, 0.25) is 5.02 Å². The Labute approximate surface area is 306 Å². The van der Waals surface area contributed by atoms with Crippen LogP contribution < -0.4 is 0 Å². The molecule has 13 heteroatoms. The van der Waals surface area contributed by atoms with Crippen LogP contribution in [0.15, 0.2) is 42.5 Å². The minimum atomic E-state index is -1.19. The van der Waals surface area contributed by atoms with Crippen LogP contribution in [0.5, 0.6) is 0 Å². The number of ether oxygens (including phenoxy) is 2. The standard InChI is InChI=1S/C38H43ClN6O5S/c1-21-19-27-34(30(22-7-9-24(39)10-8-22)29(21)33(36(46)47)50-38(2,3)4)51-35(41-27)26-11-12-28-32(40-26)31(42-43(28)5)23-13-16-44(17-14-23)25-15-18-45(20-25)37(48)49-6/h7-12,19,23,25,33H,13-18,20H2,1-6H3,(H,46,47)/t25-,33?/m1/s1. The second-order valence-corrected chi connectivity index (χ2v) is 16.0. The Bertz CT molecular complexity index is 2120. The van der Waals surface area contributed by atoms with Crippen LogP contribution in [0, 0.1) is 6.92 Å². The first-order valence-electron chi connectivity index (χ1n) is 17.3. The van der Waals surface area contributed by atoms with E-state index >= 15 is 0 Å². The number of benzene rings is 2. The van der Waals surface area contributed by atoms with E-state index < -0.39 is 17.7 Å². The highest BCUT2D eigenvalue weighted by Crippen LogP contribution is 2.44. The molecule has 2 fully saturated rings. The van der Waals surface area contributed by atoms with Crippen molar-refractivity contribution >= 4 is 56.3 Å². The molecule has 51 heavy (non-hydrogen) atoms. The lowest BCUT2D eigenvalue weighted by atomic mass is 9.91. The van der Waals surface area contributed by atoms with E-state index in [0.29, 0.717) is 23.2 Å². The number of fused-ring (bicyclic) bond motifs is 2. The lowest BCUT2D eigenvalue weighted by molar-refractivity contribution is -0.160. The molecule has 7 rings (SSSR count). The van der Waals surface area contributed by atoms with Gasteiger partial charge in [-0.3, -0.25) is 9.58 Å². The van der Waals surface area contributed by atoms with Gasteiger partial charge in [0.1, 0.15) is 10.5 Å². The number of methoxy groups -OCH3 is 1. The first kappa shape index (κ1) is 35.3. The van der Waals surface area contributed by atoms with Crippen molar-refractivity contribution in [2.24, 2.45) is 7.05 Å². The molecule has 5 heterocycles. The molecule has 268 valence electrons. The Morgan fingerprint density at radius 3 is 2.43 bits per heavy atom. The molecule has 0 aliphatic carbocycles. The highest BCUT2D eigenvalue weighted by molar-refractivity contribution is 7.22. The van der Waals surface area contributed by atoms with Crippen LogP contribution in [0.25, 0.3) is 43.1 Å². The van der Waals surface area contributed by atoms with Crippen LogP contribution in [0.1, 0.15) is 68.9 Å². The van der Waals surface area contributed by atoms with E-state index in [0.717, 1.165) is 93.2 Å². The molecule has 2 saturated heterocycles. The van der Waals surface area contributed by atoms with Gasteiger partial charge in [-0.25, -0.2) is 19.6 Å². The summed E-state index contributed by atoms with van der Waals surface area (Å²) in [7, 11) is 3.39. The number of pyridine rings is 1. The summed E-state index contributed by atoms with van der Waals surface area (Å²) in [6.07, 6.45) is 1.44. The number of carboxylic acids is 1. The smallest absolute Gasteiger partial charge is 0.409 e. The quantitative estimate of drug-likeness (QED) is 0.178. The number of nitrogens with zero attached hydrogens (tertiary/aromatic N) is 6. The molecule has 5 aromatic rings. The summed E-state index contributed by atoms with van der Waals surface area (Å²) in [5.74, 6) is -0.792. The summed E-state index contributed by atoms with van der Waals surface area (Å²) in [6, 6.07) is 13.8. The molecule has 0 spiro atoms. The monoisotopic (exact) mass is 730 g/mol. The maximum absolute atomic E-state index is 12.8. The van der Waals surface area contributed by atoms with Crippen molar-refractivity contribution in [3.05, 3.63) is 64.3 Å². The fourth-order valence-corrected chi connectivity index (χ4v) is 8.80. The predicted octanol–water partition coefficient (Wildman–Crippen LogP) is 7.83. The zero-order chi connectivity index (χ0) is 36.2. The molecule has 2 aliphatic heterocycles. The van der Waals surface area contributed by atoms with Gasteiger partial charge in [-0.1, -0.05) is 23.7 Å². The highest BCUT2D eigenvalue weighted by Gasteiger charge is 2.35. The average Bonchev–Trinajstić information content (AvgIpc) is 3.84. The van der Waals surface area contributed by atoms with E-state index in [4.69, 9.17) is 36.1 Å². The maximum Gasteiger partial charge on any atom is 0.409 e. The van der Waals surface area contributed by atoms with E-state index in [9.17, 15) is 14.7 Å². The van der Waals surface area contributed by atoms with Crippen molar-refractivity contribution in [2.75, 3.05) is 33.3 Å². The number of halogens is 1. The first-order chi connectivity index (χ1) is 24.3. The van der Waals surface area contributed by atoms with Crippen LogP contribution in [-0.4, -0.2) is 91.6 Å². The molecule has 2 aromatic carbocycles. The van der Waals surface area contributed by atoms with Crippen molar-refractivity contribution in [3.8, 4) is 21.8 Å². The third-order valence-electron chi connectivity index (χ3n) is 9.99. The van der Waals surface area contributed by atoms with E-state index in [1.807, 2.05) is 75.8 Å². The number of aliphatic carboxylic acids is 1. The Morgan fingerprint density at radius 2 is 1.76 bits per heavy atom. The Kier molecular flexibility index (Phi) is 9.55. The molecule has 0 radical (unpaired) electrons. The minimum Gasteiger partial charge on any atom is -0.479 e. The number of carboxylic acid groups (broad SMARTS) is 1. The van der Waals surface area contributed by atoms with Crippen molar-refractivity contribution in [1.29, 1.82) is 0 Å². The average molecular weight is 731 g/mol. The number of hydrogen-bond donors (Lipinski definition) is 1. The van der Waals surface area contributed by atoms with Crippen LogP contribution in [0.3, 0.4) is 0 Å². The molecule has 0 bridgehead atoms. The summed E-state index contributed by atoms with van der Waals surface area (Å²) in [6.45, 7) is 10.8. The normalized spacial score (nSPS) is 18.2. The molecule has 2 atom stereocenters. The Balaban J connectivity index is 1.24. The van der Waals surface area contributed by atoms with E-state index in [1.54, 1.807) is 4.90 Å². The number of piperidine rings is 1. The molecule has 1 unspecified atom stereocenters. The fraction of sp³-hybridized carbons (Fsp3) is 0.447. The Morgan fingerprint density at radius 1 is 1.04 bits per heavy atom. The second-order valence-electron chi connectivity index (χ2n) is 14.5. The van der Waals surface area contributed by atoms with E-state index in [-0.39, 0.29) is 12.0 Å². The number of amides is 1. The van der Waals surface area contributed by atoms with Crippen molar-refractivity contribution < 1.29 is 24.2 Å². The number of aromatic nitrogens is 4. The number of thiazole rings is 1. The van der Waals surface area contributed by atoms with Crippen molar-refractivity contribution in [1.82, 2.24) is 29.5 Å². The number of carbonyl (C=O) groups is 2. The fourth-order valence-electron chi connectivity index (χ4n) is 7.58. The van der Waals surface area contributed by atoms with Crippen LogP contribution in [0.4, 0.5) is 4.79 Å². The molecule has 11 nitrogen and oxygen atoms in total. The predicted molar refractivity (Wildman–Crippen MR) is 199 cm³/mol. The summed E-state index contributed by atoms with van der Waals surface area (Å²) < 4.78 is 13.9. The minimum absolute atomic E-state index is 0.252. The number of rotatable bonds is 7. The van der Waals surface area contributed by atoms with Gasteiger partial charge in [-0.05, 0) is 102 Å². The van der Waals surface area contributed by atoms with E-state index in [2.05, 4.69) is 11.0 Å². The van der Waals surface area contributed by atoms with E-state index in [1.165, 1.54) is 18.4 Å². The second kappa shape index (κ2) is 13.8. The highest BCUT2D eigenvalue weighted by atomic mass is 35.5. The topological polar surface area (TPSA) is 123 Å². The van der Waals surface area contributed by atoms with Gasteiger partial charge in [0.15, 0.2) is 6.10 Å². The molecule has 2 aliphatic rings. The molecule has 0 saturated carbocycles. The maximum atomic E-state index is 12.8. The lowest BCUT2D eigenvalue weighted by Gasteiger charge is -2.35. The largest absolute Gasteiger partial charge is 0.479 e. The lowest BCUT2D eigenvalue weighted by Crippen LogP contribution is -2.43. The third kappa shape index (κ3) is 6.94. The molecule has 1 N–H and O–H groups in total.